The fourth-order valence-corrected chi connectivity index (χ4v) is 2.80. The highest BCUT2D eigenvalue weighted by atomic mass is 16.5. The average molecular weight is 314 g/mol. The maximum absolute atomic E-state index is 5.70. The van der Waals surface area contributed by atoms with Gasteiger partial charge in [0.05, 0.1) is 28.2 Å². The van der Waals surface area contributed by atoms with Crippen molar-refractivity contribution in [3.05, 3.63) is 66.7 Å². The molecule has 118 valence electrons. The summed E-state index contributed by atoms with van der Waals surface area (Å²) in [6.07, 6.45) is 0.181. The van der Waals surface area contributed by atoms with Gasteiger partial charge in [-0.05, 0) is 61.4 Å². The van der Waals surface area contributed by atoms with Crippen LogP contribution in [0.3, 0.4) is 0 Å². The first-order valence-corrected chi connectivity index (χ1v) is 8.13. The van der Waals surface area contributed by atoms with E-state index in [1.807, 2.05) is 56.3 Å². The zero-order valence-corrected chi connectivity index (χ0v) is 13.7. The van der Waals surface area contributed by atoms with Crippen LogP contribution in [0.4, 0.5) is 0 Å². The van der Waals surface area contributed by atoms with Crippen molar-refractivity contribution in [1.82, 2.24) is 9.97 Å². The third-order valence-corrected chi connectivity index (χ3v) is 3.90. The molecule has 0 spiro atoms. The van der Waals surface area contributed by atoms with E-state index in [2.05, 4.69) is 29.2 Å². The molecule has 0 fully saturated rings. The minimum absolute atomic E-state index is 0.181. The molecule has 3 heteroatoms. The van der Waals surface area contributed by atoms with Gasteiger partial charge in [0.25, 0.3) is 0 Å². The number of ether oxygens (including phenoxy) is 1. The molecule has 0 amide bonds. The predicted molar refractivity (Wildman–Crippen MR) is 98.2 cm³/mol. The predicted octanol–water partition coefficient (Wildman–Crippen LogP) is 5.24. The van der Waals surface area contributed by atoms with Crippen molar-refractivity contribution in [2.45, 2.75) is 20.0 Å². The van der Waals surface area contributed by atoms with E-state index >= 15 is 0 Å². The van der Waals surface area contributed by atoms with Gasteiger partial charge in [0, 0.05) is 0 Å². The topological polar surface area (TPSA) is 35.0 Å². The van der Waals surface area contributed by atoms with Gasteiger partial charge in [0.15, 0.2) is 0 Å². The van der Waals surface area contributed by atoms with E-state index in [1.54, 1.807) is 0 Å². The van der Waals surface area contributed by atoms with Crippen LogP contribution < -0.4 is 4.74 Å². The molecule has 1 heterocycles. The lowest BCUT2D eigenvalue weighted by molar-refractivity contribution is 0.242. The van der Waals surface area contributed by atoms with Crippen LogP contribution in [0.15, 0.2) is 66.7 Å². The van der Waals surface area contributed by atoms with Gasteiger partial charge in [-0.1, -0.05) is 30.3 Å². The molecule has 0 aliphatic heterocycles. The van der Waals surface area contributed by atoms with Crippen LogP contribution in [0.2, 0.25) is 0 Å². The van der Waals surface area contributed by atoms with Gasteiger partial charge in [0.1, 0.15) is 5.75 Å². The molecular formula is C21H18N2O. The maximum atomic E-state index is 5.70. The van der Waals surface area contributed by atoms with Crippen LogP contribution in [-0.4, -0.2) is 16.1 Å². The second kappa shape index (κ2) is 5.93. The molecule has 0 aliphatic rings. The monoisotopic (exact) mass is 314 g/mol. The molecule has 0 unspecified atom stereocenters. The number of aromatic nitrogens is 2. The molecule has 0 aliphatic carbocycles. The quantitative estimate of drug-likeness (QED) is 0.485. The Balaban J connectivity index is 1.75. The van der Waals surface area contributed by atoms with Gasteiger partial charge in [-0.3, -0.25) is 0 Å². The fourth-order valence-electron chi connectivity index (χ4n) is 2.80. The van der Waals surface area contributed by atoms with Crippen molar-refractivity contribution < 1.29 is 4.74 Å². The van der Waals surface area contributed by atoms with E-state index in [1.165, 1.54) is 0 Å². The lowest BCUT2D eigenvalue weighted by atomic mass is 10.0. The highest BCUT2D eigenvalue weighted by Gasteiger charge is 2.05. The minimum Gasteiger partial charge on any atom is -0.491 e. The summed E-state index contributed by atoms with van der Waals surface area (Å²) in [6, 6.07) is 22.3. The van der Waals surface area contributed by atoms with E-state index < -0.39 is 0 Å². The summed E-state index contributed by atoms with van der Waals surface area (Å²) in [5, 5.41) is 0. The molecule has 3 aromatic carbocycles. The second-order valence-corrected chi connectivity index (χ2v) is 6.11. The minimum atomic E-state index is 0.181. The molecule has 4 aromatic rings. The third-order valence-electron chi connectivity index (χ3n) is 3.90. The Morgan fingerprint density at radius 2 is 1.25 bits per heavy atom. The van der Waals surface area contributed by atoms with Crippen molar-refractivity contribution in [2.75, 3.05) is 0 Å². The SMILES string of the molecule is CC(C)Oc1ccc(-c2ccc3nc4ccccc4nc3c2)cc1. The van der Waals surface area contributed by atoms with Crippen molar-refractivity contribution in [3.63, 3.8) is 0 Å². The van der Waals surface area contributed by atoms with Gasteiger partial charge < -0.3 is 4.74 Å². The summed E-state index contributed by atoms with van der Waals surface area (Å²) in [4.78, 5) is 9.41. The fraction of sp³-hybridized carbons (Fsp3) is 0.143. The molecule has 4 rings (SSSR count). The Morgan fingerprint density at radius 1 is 0.667 bits per heavy atom. The second-order valence-electron chi connectivity index (χ2n) is 6.11. The van der Waals surface area contributed by atoms with Crippen LogP contribution in [0.5, 0.6) is 5.75 Å². The number of nitrogens with zero attached hydrogens (tertiary/aromatic N) is 2. The van der Waals surface area contributed by atoms with Crippen LogP contribution in [-0.2, 0) is 0 Å². The molecule has 0 saturated heterocycles. The highest BCUT2D eigenvalue weighted by Crippen LogP contribution is 2.26. The molecular weight excluding hydrogens is 296 g/mol. The zero-order valence-electron chi connectivity index (χ0n) is 13.7. The van der Waals surface area contributed by atoms with Gasteiger partial charge in [-0.15, -0.1) is 0 Å². The number of rotatable bonds is 3. The Bertz CT molecular complexity index is 1010. The third kappa shape index (κ3) is 2.81. The molecule has 0 bridgehead atoms. The summed E-state index contributed by atoms with van der Waals surface area (Å²) >= 11 is 0. The summed E-state index contributed by atoms with van der Waals surface area (Å²) < 4.78 is 5.70. The molecule has 1 aromatic heterocycles. The zero-order chi connectivity index (χ0) is 16.5. The lowest BCUT2D eigenvalue weighted by Gasteiger charge is -2.10. The Labute approximate surface area is 140 Å². The number of para-hydroxylation sites is 2. The maximum Gasteiger partial charge on any atom is 0.119 e. The van der Waals surface area contributed by atoms with E-state index in [0.29, 0.717) is 0 Å². The van der Waals surface area contributed by atoms with Crippen molar-refractivity contribution in [3.8, 4) is 16.9 Å². The Hall–Kier alpha value is -2.94. The summed E-state index contributed by atoms with van der Waals surface area (Å²) in [7, 11) is 0. The number of fused-ring (bicyclic) bond motifs is 2. The van der Waals surface area contributed by atoms with E-state index in [4.69, 9.17) is 9.72 Å². The first kappa shape index (κ1) is 14.6. The largest absolute Gasteiger partial charge is 0.491 e. The number of benzene rings is 3. The molecule has 0 saturated carbocycles. The van der Waals surface area contributed by atoms with Crippen LogP contribution in [0.1, 0.15) is 13.8 Å². The van der Waals surface area contributed by atoms with Crippen molar-refractivity contribution >= 4 is 22.1 Å². The van der Waals surface area contributed by atoms with Crippen LogP contribution in [0, 0.1) is 0 Å². The molecule has 3 nitrogen and oxygen atoms in total. The summed E-state index contributed by atoms with van der Waals surface area (Å²) in [6.45, 7) is 4.06. The van der Waals surface area contributed by atoms with E-state index in [-0.39, 0.29) is 6.10 Å². The normalized spacial score (nSPS) is 11.3. The van der Waals surface area contributed by atoms with Gasteiger partial charge in [-0.2, -0.15) is 0 Å². The van der Waals surface area contributed by atoms with Crippen LogP contribution >= 0.6 is 0 Å². The Morgan fingerprint density at radius 3 is 1.92 bits per heavy atom. The Kier molecular flexibility index (Phi) is 3.62. The van der Waals surface area contributed by atoms with E-state index in [0.717, 1.165) is 38.9 Å². The lowest BCUT2D eigenvalue weighted by Crippen LogP contribution is -2.05. The first-order valence-electron chi connectivity index (χ1n) is 8.13. The average Bonchev–Trinajstić information content (AvgIpc) is 2.59. The van der Waals surface area contributed by atoms with Crippen LogP contribution in [0.25, 0.3) is 33.2 Å². The summed E-state index contributed by atoms with van der Waals surface area (Å²) in [5.74, 6) is 0.889. The smallest absolute Gasteiger partial charge is 0.119 e. The van der Waals surface area contributed by atoms with E-state index in [9.17, 15) is 0 Å². The van der Waals surface area contributed by atoms with Gasteiger partial charge in [0.2, 0.25) is 0 Å². The highest BCUT2D eigenvalue weighted by molar-refractivity contribution is 5.88. The first-order chi connectivity index (χ1) is 11.7. The molecule has 24 heavy (non-hydrogen) atoms. The number of hydrogen-bond donors (Lipinski definition) is 0. The summed E-state index contributed by atoms with van der Waals surface area (Å²) in [5.41, 5.74) is 5.94. The molecule has 0 atom stereocenters. The number of hydrogen-bond acceptors (Lipinski definition) is 3. The molecule has 0 radical (unpaired) electrons. The van der Waals surface area contributed by atoms with Crippen molar-refractivity contribution in [1.29, 1.82) is 0 Å². The van der Waals surface area contributed by atoms with Crippen molar-refractivity contribution in [2.24, 2.45) is 0 Å². The van der Waals surface area contributed by atoms with Gasteiger partial charge >= 0.3 is 0 Å². The molecule has 0 N–H and O–H groups in total. The van der Waals surface area contributed by atoms with Gasteiger partial charge in [-0.25, -0.2) is 9.97 Å². The standard InChI is InChI=1S/C21H18N2O/c1-14(2)24-17-10-7-15(8-11-17)16-9-12-20-21(13-16)23-19-6-4-3-5-18(19)22-20/h3-14H,1-2H3.